The van der Waals surface area contributed by atoms with Gasteiger partial charge in [-0.1, -0.05) is 30.3 Å². The summed E-state index contributed by atoms with van der Waals surface area (Å²) in [5, 5.41) is 17.4. The molecule has 134 valence electrons. The number of carbonyl (C=O) groups excluding carboxylic acids is 1. The van der Waals surface area contributed by atoms with Crippen LogP contribution >= 0.6 is 0 Å². The molecule has 0 aliphatic carbocycles. The van der Waals surface area contributed by atoms with Crippen LogP contribution in [0.25, 0.3) is 0 Å². The van der Waals surface area contributed by atoms with E-state index in [1.165, 1.54) is 0 Å². The molecule has 3 rings (SSSR count). The zero-order valence-corrected chi connectivity index (χ0v) is 14.7. The zero-order valence-electron chi connectivity index (χ0n) is 14.7. The monoisotopic (exact) mass is 358 g/mol. The molecule has 0 spiro atoms. The molecule has 2 aromatic carbocycles. The van der Waals surface area contributed by atoms with Crippen LogP contribution < -0.4 is 16.0 Å². The number of benzene rings is 2. The summed E-state index contributed by atoms with van der Waals surface area (Å²) in [5.74, 6) is 0.752. The van der Waals surface area contributed by atoms with Crippen molar-refractivity contribution in [1.29, 1.82) is 5.26 Å². The lowest BCUT2D eigenvalue weighted by Crippen LogP contribution is -2.29. The predicted octanol–water partition coefficient (Wildman–Crippen LogP) is 3.72. The summed E-state index contributed by atoms with van der Waals surface area (Å²) in [7, 11) is 0. The van der Waals surface area contributed by atoms with E-state index in [1.807, 2.05) is 37.3 Å². The molecule has 0 unspecified atom stereocenters. The molecule has 0 saturated heterocycles. The topological polar surface area (TPSA) is 103 Å². The van der Waals surface area contributed by atoms with Crippen molar-refractivity contribution in [2.45, 2.75) is 13.5 Å². The van der Waals surface area contributed by atoms with Gasteiger partial charge in [0.15, 0.2) is 0 Å². The smallest absolute Gasteiger partial charge is 0.321 e. The molecule has 0 radical (unpaired) electrons. The highest BCUT2D eigenvalue weighted by atomic mass is 16.2. The molecule has 0 aliphatic heterocycles. The molecule has 1 aromatic heterocycles. The van der Waals surface area contributed by atoms with Gasteiger partial charge in [0, 0.05) is 24.0 Å². The maximum Gasteiger partial charge on any atom is 0.321 e. The Morgan fingerprint density at radius 1 is 1.07 bits per heavy atom. The number of hydrogen-bond donors (Lipinski definition) is 3. The van der Waals surface area contributed by atoms with E-state index < -0.39 is 0 Å². The van der Waals surface area contributed by atoms with E-state index in [1.54, 1.807) is 30.3 Å². The molecule has 3 aromatic rings. The first-order valence-electron chi connectivity index (χ1n) is 8.34. The van der Waals surface area contributed by atoms with Gasteiger partial charge in [-0.05, 0) is 36.8 Å². The molecule has 0 bridgehead atoms. The first-order chi connectivity index (χ1) is 13.1. The van der Waals surface area contributed by atoms with E-state index >= 15 is 0 Å². The molecule has 0 atom stereocenters. The average molecular weight is 358 g/mol. The van der Waals surface area contributed by atoms with Gasteiger partial charge in [0.05, 0.1) is 11.6 Å². The van der Waals surface area contributed by atoms with Gasteiger partial charge in [0.25, 0.3) is 0 Å². The number of amides is 2. The number of hydrogen-bond acceptors (Lipinski definition) is 5. The highest BCUT2D eigenvalue weighted by Crippen LogP contribution is 2.17. The third kappa shape index (κ3) is 5.28. The number of nitrogens with one attached hydrogen (secondary N) is 3. The number of aromatic nitrogens is 2. The van der Waals surface area contributed by atoms with Gasteiger partial charge in [-0.15, -0.1) is 0 Å². The van der Waals surface area contributed by atoms with E-state index in [4.69, 9.17) is 5.26 Å². The van der Waals surface area contributed by atoms with Crippen LogP contribution in [0.1, 0.15) is 16.8 Å². The second-order valence-electron chi connectivity index (χ2n) is 5.83. The SMILES string of the molecule is Cc1cc(Nc2ccc(C#N)cc2)nc(NC(=O)NCc2ccccc2)n1. The highest BCUT2D eigenvalue weighted by molar-refractivity contribution is 5.87. The summed E-state index contributed by atoms with van der Waals surface area (Å²) in [5.41, 5.74) is 3.07. The van der Waals surface area contributed by atoms with Crippen molar-refractivity contribution in [3.05, 3.63) is 77.5 Å². The summed E-state index contributed by atoms with van der Waals surface area (Å²) in [6.07, 6.45) is 0. The van der Waals surface area contributed by atoms with E-state index in [2.05, 4.69) is 32.0 Å². The summed E-state index contributed by atoms with van der Waals surface area (Å²) >= 11 is 0. The molecule has 7 heteroatoms. The Kier molecular flexibility index (Phi) is 5.60. The van der Waals surface area contributed by atoms with Gasteiger partial charge in [-0.25, -0.2) is 9.78 Å². The third-order valence-corrected chi connectivity index (χ3v) is 3.66. The molecule has 0 aliphatic rings. The van der Waals surface area contributed by atoms with Gasteiger partial charge in [-0.3, -0.25) is 5.32 Å². The van der Waals surface area contributed by atoms with E-state index in [0.29, 0.717) is 23.6 Å². The molecular formula is C20H18N6O. The minimum absolute atomic E-state index is 0.205. The summed E-state index contributed by atoms with van der Waals surface area (Å²) in [4.78, 5) is 20.6. The zero-order chi connectivity index (χ0) is 19.1. The van der Waals surface area contributed by atoms with Crippen molar-refractivity contribution >= 4 is 23.5 Å². The van der Waals surface area contributed by atoms with E-state index in [0.717, 1.165) is 11.3 Å². The summed E-state index contributed by atoms with van der Waals surface area (Å²) in [6.45, 7) is 2.23. The van der Waals surface area contributed by atoms with Gasteiger partial charge in [0.1, 0.15) is 5.82 Å². The van der Waals surface area contributed by atoms with E-state index in [9.17, 15) is 4.79 Å². The molecule has 1 heterocycles. The Hall–Kier alpha value is -3.92. The fourth-order valence-corrected chi connectivity index (χ4v) is 2.39. The van der Waals surface area contributed by atoms with Gasteiger partial charge in [0.2, 0.25) is 5.95 Å². The molecular weight excluding hydrogens is 340 g/mol. The fourth-order valence-electron chi connectivity index (χ4n) is 2.39. The average Bonchev–Trinajstić information content (AvgIpc) is 2.67. The Morgan fingerprint density at radius 2 is 1.81 bits per heavy atom. The lowest BCUT2D eigenvalue weighted by molar-refractivity contribution is 0.251. The molecule has 3 N–H and O–H groups in total. The lowest BCUT2D eigenvalue weighted by Gasteiger charge is -2.10. The van der Waals surface area contributed by atoms with Crippen molar-refractivity contribution in [2.75, 3.05) is 10.6 Å². The second kappa shape index (κ2) is 8.45. The Morgan fingerprint density at radius 3 is 2.52 bits per heavy atom. The number of nitriles is 1. The quantitative estimate of drug-likeness (QED) is 0.645. The van der Waals surface area contributed by atoms with Crippen LogP contribution in [0.4, 0.5) is 22.2 Å². The van der Waals surface area contributed by atoms with Crippen LogP contribution in [0.5, 0.6) is 0 Å². The van der Waals surface area contributed by atoms with Crippen molar-refractivity contribution < 1.29 is 4.79 Å². The first-order valence-corrected chi connectivity index (χ1v) is 8.34. The minimum atomic E-state index is -0.381. The largest absolute Gasteiger partial charge is 0.340 e. The van der Waals surface area contributed by atoms with Gasteiger partial charge < -0.3 is 10.6 Å². The molecule has 27 heavy (non-hydrogen) atoms. The Balaban J connectivity index is 1.63. The molecule has 0 saturated carbocycles. The number of urea groups is 1. The van der Waals surface area contributed by atoms with Gasteiger partial charge >= 0.3 is 6.03 Å². The number of nitrogens with zero attached hydrogens (tertiary/aromatic N) is 3. The standard InChI is InChI=1S/C20H18N6O/c1-14-11-18(24-17-9-7-15(12-21)8-10-17)25-19(23-14)26-20(27)22-13-16-5-3-2-4-6-16/h2-11H,13H2,1H3,(H3,22,23,24,25,26,27). The van der Waals surface area contributed by atoms with Crippen molar-refractivity contribution in [1.82, 2.24) is 15.3 Å². The molecule has 0 fully saturated rings. The van der Waals surface area contributed by atoms with Crippen LogP contribution in [-0.4, -0.2) is 16.0 Å². The summed E-state index contributed by atoms with van der Waals surface area (Å²) < 4.78 is 0. The predicted molar refractivity (Wildman–Crippen MR) is 104 cm³/mol. The van der Waals surface area contributed by atoms with Crippen LogP contribution in [0, 0.1) is 18.3 Å². The first kappa shape index (κ1) is 17.9. The van der Waals surface area contributed by atoms with Gasteiger partial charge in [-0.2, -0.15) is 10.2 Å². The third-order valence-electron chi connectivity index (χ3n) is 3.66. The van der Waals surface area contributed by atoms with Crippen molar-refractivity contribution in [2.24, 2.45) is 0 Å². The normalized spacial score (nSPS) is 9.93. The van der Waals surface area contributed by atoms with Crippen LogP contribution in [0.2, 0.25) is 0 Å². The Bertz CT molecular complexity index is 964. The lowest BCUT2D eigenvalue weighted by atomic mass is 10.2. The number of anilines is 3. The maximum absolute atomic E-state index is 12.1. The maximum atomic E-state index is 12.1. The van der Waals surface area contributed by atoms with Crippen LogP contribution in [0.3, 0.4) is 0 Å². The number of rotatable bonds is 5. The second-order valence-corrected chi connectivity index (χ2v) is 5.83. The van der Waals surface area contributed by atoms with Crippen molar-refractivity contribution in [3.63, 3.8) is 0 Å². The number of aryl methyl sites for hydroxylation is 1. The fraction of sp³-hybridized carbons (Fsp3) is 0.100. The Labute approximate surface area is 157 Å². The molecule has 2 amide bonds. The van der Waals surface area contributed by atoms with Crippen LogP contribution in [-0.2, 0) is 6.54 Å². The molecule has 7 nitrogen and oxygen atoms in total. The minimum Gasteiger partial charge on any atom is -0.340 e. The van der Waals surface area contributed by atoms with Crippen molar-refractivity contribution in [3.8, 4) is 6.07 Å². The number of carbonyl (C=O) groups is 1. The summed E-state index contributed by atoms with van der Waals surface area (Å²) in [6, 6.07) is 20.1. The van der Waals surface area contributed by atoms with Crippen LogP contribution in [0.15, 0.2) is 60.7 Å². The highest BCUT2D eigenvalue weighted by Gasteiger charge is 2.07. The van der Waals surface area contributed by atoms with E-state index in [-0.39, 0.29) is 12.0 Å².